The van der Waals surface area contributed by atoms with Crippen LogP contribution in [-0.2, 0) is 0 Å². The van der Waals surface area contributed by atoms with Crippen LogP contribution in [0.25, 0.3) is 0 Å². The van der Waals surface area contributed by atoms with Gasteiger partial charge in [0.15, 0.2) is 0 Å². The van der Waals surface area contributed by atoms with Gasteiger partial charge in [-0.15, -0.1) is 0 Å². The third-order valence-corrected chi connectivity index (χ3v) is 3.68. The van der Waals surface area contributed by atoms with Crippen molar-refractivity contribution < 1.29 is 9.90 Å². The van der Waals surface area contributed by atoms with Crippen molar-refractivity contribution in [1.29, 1.82) is 0 Å². The van der Waals surface area contributed by atoms with Gasteiger partial charge in [-0.05, 0) is 37.5 Å². The molecule has 1 aliphatic rings. The number of rotatable bonds is 2. The molecule has 1 heterocycles. The molecule has 0 aliphatic carbocycles. The molecule has 0 saturated carbocycles. The summed E-state index contributed by atoms with van der Waals surface area (Å²) in [6.45, 7) is 2.62. The summed E-state index contributed by atoms with van der Waals surface area (Å²) < 4.78 is 0. The van der Waals surface area contributed by atoms with Crippen LogP contribution < -0.4 is 5.32 Å². The molecule has 1 aromatic carbocycles. The van der Waals surface area contributed by atoms with Crippen molar-refractivity contribution in [3.05, 3.63) is 28.8 Å². The molecule has 18 heavy (non-hydrogen) atoms. The van der Waals surface area contributed by atoms with E-state index in [4.69, 9.17) is 11.6 Å². The van der Waals surface area contributed by atoms with Crippen LogP contribution in [0.1, 0.15) is 18.4 Å². The third kappa shape index (κ3) is 2.76. The Morgan fingerprint density at radius 1 is 1.61 bits per heavy atom. The molecule has 1 aliphatic heterocycles. The Balaban J connectivity index is 2.04. The molecule has 2 N–H and O–H groups in total. The van der Waals surface area contributed by atoms with Gasteiger partial charge in [0.2, 0.25) is 0 Å². The van der Waals surface area contributed by atoms with E-state index in [9.17, 15) is 9.90 Å². The average Bonchev–Trinajstić information content (AvgIpc) is 2.82. The Hall–Kier alpha value is -1.26. The summed E-state index contributed by atoms with van der Waals surface area (Å²) in [6.07, 6.45) is 1.80. The molecule has 1 fully saturated rings. The van der Waals surface area contributed by atoms with Gasteiger partial charge in [0.1, 0.15) is 0 Å². The van der Waals surface area contributed by atoms with E-state index < -0.39 is 0 Å². The number of amides is 2. The minimum absolute atomic E-state index is 0.0159. The van der Waals surface area contributed by atoms with E-state index in [0.717, 1.165) is 18.4 Å². The van der Waals surface area contributed by atoms with Crippen LogP contribution in [-0.4, -0.2) is 35.2 Å². The number of urea groups is 1. The Bertz CT molecular complexity index is 451. The van der Waals surface area contributed by atoms with Gasteiger partial charge in [-0.25, -0.2) is 4.79 Å². The van der Waals surface area contributed by atoms with Crippen LogP contribution in [0, 0.1) is 6.92 Å². The first kappa shape index (κ1) is 13.2. The molecule has 0 unspecified atom stereocenters. The zero-order valence-electron chi connectivity index (χ0n) is 10.3. The molecule has 2 amide bonds. The summed E-state index contributed by atoms with van der Waals surface area (Å²) in [4.78, 5) is 13.7. The van der Waals surface area contributed by atoms with Gasteiger partial charge in [-0.3, -0.25) is 0 Å². The molecule has 5 heteroatoms. The van der Waals surface area contributed by atoms with Crippen LogP contribution >= 0.6 is 11.6 Å². The molecule has 0 aromatic heterocycles. The highest BCUT2D eigenvalue weighted by atomic mass is 35.5. The topological polar surface area (TPSA) is 52.6 Å². The van der Waals surface area contributed by atoms with Crippen molar-refractivity contribution in [1.82, 2.24) is 4.90 Å². The van der Waals surface area contributed by atoms with Crippen molar-refractivity contribution in [2.24, 2.45) is 0 Å². The van der Waals surface area contributed by atoms with E-state index in [0.29, 0.717) is 17.3 Å². The van der Waals surface area contributed by atoms with Crippen molar-refractivity contribution in [2.45, 2.75) is 25.8 Å². The number of anilines is 1. The van der Waals surface area contributed by atoms with Gasteiger partial charge in [-0.1, -0.05) is 17.7 Å². The largest absolute Gasteiger partial charge is 0.394 e. The first-order chi connectivity index (χ1) is 8.61. The molecule has 0 radical (unpaired) electrons. The van der Waals surface area contributed by atoms with E-state index in [1.165, 1.54) is 0 Å². The number of nitrogens with one attached hydrogen (secondary N) is 1. The Labute approximate surface area is 112 Å². The maximum atomic E-state index is 12.0. The van der Waals surface area contributed by atoms with Crippen molar-refractivity contribution in [3.63, 3.8) is 0 Å². The van der Waals surface area contributed by atoms with Crippen molar-refractivity contribution >= 4 is 23.3 Å². The van der Waals surface area contributed by atoms with E-state index >= 15 is 0 Å². The van der Waals surface area contributed by atoms with Gasteiger partial charge in [0.25, 0.3) is 0 Å². The van der Waals surface area contributed by atoms with E-state index in [1.54, 1.807) is 11.0 Å². The SMILES string of the molecule is Cc1ccc(NC(=O)N2CCC[C@H]2CO)cc1Cl. The number of carbonyl (C=O) groups is 1. The number of likely N-dealkylation sites (tertiary alicyclic amines) is 1. The second-order valence-corrected chi connectivity index (χ2v) is 4.97. The predicted octanol–water partition coefficient (Wildman–Crippen LogP) is 2.64. The fourth-order valence-electron chi connectivity index (χ4n) is 2.16. The number of hydrogen-bond donors (Lipinski definition) is 2. The van der Waals surface area contributed by atoms with Gasteiger partial charge >= 0.3 is 6.03 Å². The number of nitrogens with zero attached hydrogens (tertiary/aromatic N) is 1. The summed E-state index contributed by atoms with van der Waals surface area (Å²) >= 11 is 6.01. The minimum Gasteiger partial charge on any atom is -0.394 e. The lowest BCUT2D eigenvalue weighted by atomic mass is 10.2. The van der Waals surface area contributed by atoms with Gasteiger partial charge < -0.3 is 15.3 Å². The third-order valence-electron chi connectivity index (χ3n) is 3.27. The van der Waals surface area contributed by atoms with Crippen LogP contribution in [0.4, 0.5) is 10.5 Å². The molecule has 0 bridgehead atoms. The van der Waals surface area contributed by atoms with Crippen LogP contribution in [0.5, 0.6) is 0 Å². The van der Waals surface area contributed by atoms with Gasteiger partial charge in [-0.2, -0.15) is 0 Å². The number of aliphatic hydroxyl groups excluding tert-OH is 1. The number of carbonyl (C=O) groups excluding carboxylic acids is 1. The van der Waals surface area contributed by atoms with E-state index in [1.807, 2.05) is 19.1 Å². The lowest BCUT2D eigenvalue weighted by Gasteiger charge is -2.23. The second-order valence-electron chi connectivity index (χ2n) is 4.57. The highest BCUT2D eigenvalue weighted by molar-refractivity contribution is 6.31. The normalized spacial score (nSPS) is 19.1. The molecule has 1 aromatic rings. The lowest BCUT2D eigenvalue weighted by Crippen LogP contribution is -2.40. The zero-order valence-corrected chi connectivity index (χ0v) is 11.1. The molecule has 1 saturated heterocycles. The highest BCUT2D eigenvalue weighted by Crippen LogP contribution is 2.22. The highest BCUT2D eigenvalue weighted by Gasteiger charge is 2.27. The Morgan fingerprint density at radius 2 is 2.39 bits per heavy atom. The minimum atomic E-state index is -0.175. The van der Waals surface area contributed by atoms with Crippen LogP contribution in [0.15, 0.2) is 18.2 Å². The molecular formula is C13H17ClN2O2. The number of hydrogen-bond acceptors (Lipinski definition) is 2. The zero-order chi connectivity index (χ0) is 13.1. The van der Waals surface area contributed by atoms with E-state index in [-0.39, 0.29) is 18.7 Å². The number of benzene rings is 1. The van der Waals surface area contributed by atoms with Gasteiger partial charge in [0.05, 0.1) is 12.6 Å². The maximum absolute atomic E-state index is 12.0. The Kier molecular flexibility index (Phi) is 4.09. The summed E-state index contributed by atoms with van der Waals surface area (Å²) in [6, 6.07) is 5.19. The second kappa shape index (κ2) is 5.59. The number of aliphatic hydroxyl groups is 1. The fourth-order valence-corrected chi connectivity index (χ4v) is 2.34. The predicted molar refractivity (Wildman–Crippen MR) is 72.0 cm³/mol. The summed E-state index contributed by atoms with van der Waals surface area (Å²) in [5.41, 5.74) is 1.66. The van der Waals surface area contributed by atoms with Crippen LogP contribution in [0.2, 0.25) is 5.02 Å². The van der Waals surface area contributed by atoms with E-state index in [2.05, 4.69) is 5.32 Å². The molecule has 0 spiro atoms. The summed E-state index contributed by atoms with van der Waals surface area (Å²) in [5.74, 6) is 0. The first-order valence-corrected chi connectivity index (χ1v) is 6.44. The molecule has 4 nitrogen and oxygen atoms in total. The fraction of sp³-hybridized carbons (Fsp3) is 0.462. The maximum Gasteiger partial charge on any atom is 0.322 e. The molecule has 2 rings (SSSR count). The number of aryl methyl sites for hydroxylation is 1. The van der Waals surface area contributed by atoms with Gasteiger partial charge in [0, 0.05) is 17.3 Å². The smallest absolute Gasteiger partial charge is 0.322 e. The van der Waals surface area contributed by atoms with Crippen LogP contribution in [0.3, 0.4) is 0 Å². The summed E-state index contributed by atoms with van der Waals surface area (Å²) in [5, 5.41) is 12.6. The first-order valence-electron chi connectivity index (χ1n) is 6.06. The quantitative estimate of drug-likeness (QED) is 0.866. The lowest BCUT2D eigenvalue weighted by molar-refractivity contribution is 0.166. The van der Waals surface area contributed by atoms with Crippen molar-refractivity contribution in [3.8, 4) is 0 Å². The molecule has 98 valence electrons. The molecular weight excluding hydrogens is 252 g/mol. The average molecular weight is 269 g/mol. The number of halogens is 1. The Morgan fingerprint density at radius 3 is 3.06 bits per heavy atom. The standard InChI is InChI=1S/C13H17ClN2O2/c1-9-4-5-10(7-12(9)14)15-13(18)16-6-2-3-11(16)8-17/h4-5,7,11,17H,2-3,6,8H2,1H3,(H,15,18)/t11-/m0/s1. The summed E-state index contributed by atoms with van der Waals surface area (Å²) in [7, 11) is 0. The van der Waals surface area contributed by atoms with Crippen molar-refractivity contribution in [2.75, 3.05) is 18.5 Å². The monoisotopic (exact) mass is 268 g/mol. The molecule has 1 atom stereocenters.